The summed E-state index contributed by atoms with van der Waals surface area (Å²) in [6.45, 7) is 14.7. The lowest BCUT2D eigenvalue weighted by molar-refractivity contribution is -0.149. The van der Waals surface area contributed by atoms with Gasteiger partial charge in [-0.2, -0.15) is 0 Å². The highest BCUT2D eigenvalue weighted by Gasteiger charge is 2.36. The van der Waals surface area contributed by atoms with Crippen molar-refractivity contribution in [1.29, 1.82) is 0 Å². The van der Waals surface area contributed by atoms with Crippen LogP contribution in [0.1, 0.15) is 103 Å². The fraction of sp³-hybridized carbons (Fsp3) is 0.649. The number of hydrogen-bond donors (Lipinski definition) is 5. The summed E-state index contributed by atoms with van der Waals surface area (Å²) in [5.41, 5.74) is 1.32. The number of rotatable bonds is 21. The predicted octanol–water partition coefficient (Wildman–Crippen LogP) is 4.70. The molecule has 1 heterocycles. The number of nitrogens with one attached hydrogen (secondary N) is 3. The van der Waals surface area contributed by atoms with E-state index in [-0.39, 0.29) is 54.5 Å². The third-order valence-corrected chi connectivity index (χ3v) is 10.2. The van der Waals surface area contributed by atoms with Crippen molar-refractivity contribution in [3.63, 3.8) is 0 Å². The Morgan fingerprint density at radius 1 is 0.980 bits per heavy atom. The van der Waals surface area contributed by atoms with Crippen LogP contribution in [0.4, 0.5) is 0 Å². The average molecular weight is 718 g/mol. The maximum Gasteiger partial charge on any atom is 0.306 e. The summed E-state index contributed by atoms with van der Waals surface area (Å²) in [5, 5.41) is 32.1. The van der Waals surface area contributed by atoms with Crippen molar-refractivity contribution in [3.05, 3.63) is 52.0 Å². The highest BCUT2D eigenvalue weighted by molar-refractivity contribution is 7.09. The first-order valence-electron chi connectivity index (χ1n) is 17.6. The van der Waals surface area contributed by atoms with E-state index < -0.39 is 42.3 Å². The van der Waals surface area contributed by atoms with Gasteiger partial charge in [0.05, 0.1) is 17.7 Å². The number of hydrogen-bond acceptors (Lipinski definition) is 10. The van der Waals surface area contributed by atoms with Crippen LogP contribution in [-0.4, -0.2) is 82.1 Å². The Kier molecular flexibility index (Phi) is 17.5. The van der Waals surface area contributed by atoms with Crippen LogP contribution in [0.3, 0.4) is 0 Å². The molecule has 0 aliphatic rings. The lowest BCUT2D eigenvalue weighted by atomic mass is 9.92. The van der Waals surface area contributed by atoms with Crippen LogP contribution in [0.5, 0.6) is 0 Å². The van der Waals surface area contributed by atoms with Gasteiger partial charge in [-0.3, -0.25) is 24.5 Å². The molecule has 2 unspecified atom stereocenters. The Morgan fingerprint density at radius 2 is 1.62 bits per heavy atom. The van der Waals surface area contributed by atoms with E-state index in [1.54, 1.807) is 31.3 Å². The van der Waals surface area contributed by atoms with Crippen LogP contribution in [0, 0.1) is 23.7 Å². The molecule has 280 valence electrons. The number of benzene rings is 1. The number of thiazole rings is 1. The maximum atomic E-state index is 14.1. The molecular formula is C37H59N5O7S. The van der Waals surface area contributed by atoms with Crippen LogP contribution in [0.15, 0.2) is 35.7 Å². The minimum Gasteiger partial charge on any atom is -0.481 e. The summed E-state index contributed by atoms with van der Waals surface area (Å²) >= 11 is 1.23. The molecule has 0 radical (unpaired) electrons. The molecule has 2 aromatic rings. The molecule has 0 saturated carbocycles. The van der Waals surface area contributed by atoms with Gasteiger partial charge in [0.1, 0.15) is 17.3 Å². The Balaban J connectivity index is 2.33. The molecule has 2 amide bonds. The number of carboxylic acids is 1. The Hall–Kier alpha value is -3.39. The van der Waals surface area contributed by atoms with E-state index >= 15 is 0 Å². The smallest absolute Gasteiger partial charge is 0.306 e. The van der Waals surface area contributed by atoms with E-state index in [1.807, 2.05) is 71.9 Å². The van der Waals surface area contributed by atoms with Crippen LogP contribution < -0.4 is 16.0 Å². The topological polar surface area (TPSA) is 170 Å². The summed E-state index contributed by atoms with van der Waals surface area (Å²) in [5.74, 6) is -2.68. The molecule has 12 nitrogen and oxygen atoms in total. The number of amides is 2. The summed E-state index contributed by atoms with van der Waals surface area (Å²) in [4.78, 5) is 57.5. The number of nitrogens with zero attached hydrogens (tertiary/aromatic N) is 2. The summed E-state index contributed by atoms with van der Waals surface area (Å²) < 4.78 is 5.77. The molecule has 2 rings (SSSR count). The second-order valence-electron chi connectivity index (χ2n) is 14.0. The van der Waals surface area contributed by atoms with E-state index in [0.29, 0.717) is 23.5 Å². The quantitative estimate of drug-likeness (QED) is 0.0902. The van der Waals surface area contributed by atoms with Crippen molar-refractivity contribution in [2.24, 2.45) is 23.7 Å². The third-order valence-electron chi connectivity index (χ3n) is 9.29. The predicted molar refractivity (Wildman–Crippen MR) is 195 cm³/mol. The molecule has 0 saturated heterocycles. The average Bonchev–Trinajstić information content (AvgIpc) is 3.55. The molecule has 0 spiro atoms. The van der Waals surface area contributed by atoms with E-state index in [0.717, 1.165) is 5.56 Å². The SMILES string of the molecule is CC[C@H](C)[C@H](NC(=O)[C@@H](NC)C(C)C)C(=O)N(C)[C@H](C[C@@H](OC(C)=O)c1nc(C(O)N[C@@H](Cc2ccccc2)CC(C)C(=O)O)cs1)C(C)C. The fourth-order valence-electron chi connectivity index (χ4n) is 6.09. The molecule has 8 atom stereocenters. The van der Waals surface area contributed by atoms with Gasteiger partial charge in [-0.25, -0.2) is 4.98 Å². The molecule has 1 aromatic heterocycles. The van der Waals surface area contributed by atoms with E-state index in [2.05, 4.69) is 20.9 Å². The molecular weight excluding hydrogens is 659 g/mol. The third kappa shape index (κ3) is 12.7. The van der Waals surface area contributed by atoms with Gasteiger partial charge < -0.3 is 30.5 Å². The summed E-state index contributed by atoms with van der Waals surface area (Å²) in [6.07, 6.45) is -0.294. The summed E-state index contributed by atoms with van der Waals surface area (Å²) in [7, 11) is 3.44. The lowest BCUT2D eigenvalue weighted by Gasteiger charge is -2.37. The van der Waals surface area contributed by atoms with Crippen LogP contribution >= 0.6 is 11.3 Å². The minimum absolute atomic E-state index is 0.0262. The Labute approximate surface area is 301 Å². The van der Waals surface area contributed by atoms with Crippen molar-refractivity contribution in [3.8, 4) is 0 Å². The first-order valence-corrected chi connectivity index (χ1v) is 18.5. The van der Waals surface area contributed by atoms with Gasteiger partial charge in [0.25, 0.3) is 0 Å². The Morgan fingerprint density at radius 3 is 2.14 bits per heavy atom. The molecule has 0 fully saturated rings. The van der Waals surface area contributed by atoms with Crippen molar-refractivity contribution in [2.75, 3.05) is 14.1 Å². The standard InChI is InChI=1S/C37H59N5O7S/c1-11-23(6)32(41-34(45)31(38-9)22(4)5)36(46)42(10)29(21(2)3)19-30(49-25(8)43)35-40-28(20-50-35)33(44)39-27(17-24(7)37(47)48)18-26-15-13-12-14-16-26/h12-16,20-24,27,29-33,38-39,44H,11,17-19H2,1-10H3,(H,41,45)(H,47,48)/t23-,24?,27+,29+,30+,31-,32-,33?/m0/s1. The number of carboxylic acid groups (broad SMARTS) is 1. The van der Waals surface area contributed by atoms with Crippen molar-refractivity contribution >= 4 is 35.1 Å². The van der Waals surface area contributed by atoms with Crippen LogP contribution in [0.25, 0.3) is 0 Å². The van der Waals surface area contributed by atoms with Gasteiger partial charge in [-0.15, -0.1) is 11.3 Å². The minimum atomic E-state index is -1.20. The van der Waals surface area contributed by atoms with Gasteiger partial charge in [0, 0.05) is 37.9 Å². The van der Waals surface area contributed by atoms with E-state index in [4.69, 9.17) is 4.74 Å². The largest absolute Gasteiger partial charge is 0.481 e. The van der Waals surface area contributed by atoms with Crippen LogP contribution in [0.2, 0.25) is 0 Å². The number of likely N-dealkylation sites (N-methyl/N-ethyl adjacent to an activating group) is 2. The normalized spacial score (nSPS) is 16.5. The molecule has 1 aromatic carbocycles. The molecule has 0 bridgehead atoms. The van der Waals surface area contributed by atoms with Gasteiger partial charge in [-0.05, 0) is 43.2 Å². The lowest BCUT2D eigenvalue weighted by Crippen LogP contribution is -2.57. The van der Waals surface area contributed by atoms with E-state index in [1.165, 1.54) is 18.3 Å². The zero-order valence-corrected chi connectivity index (χ0v) is 32.1. The molecule has 5 N–H and O–H groups in total. The number of aromatic nitrogens is 1. The van der Waals surface area contributed by atoms with Gasteiger partial charge in [-0.1, -0.05) is 85.2 Å². The van der Waals surface area contributed by atoms with E-state index in [9.17, 15) is 29.4 Å². The summed E-state index contributed by atoms with van der Waals surface area (Å²) in [6, 6.07) is 7.68. The number of aliphatic hydroxyl groups is 1. The fourth-order valence-corrected chi connectivity index (χ4v) is 6.97. The first-order chi connectivity index (χ1) is 23.5. The molecule has 0 aliphatic heterocycles. The number of aliphatic hydroxyl groups excluding tert-OH is 1. The highest BCUT2D eigenvalue weighted by atomic mass is 32.1. The number of carbonyl (C=O) groups is 4. The van der Waals surface area contributed by atoms with Gasteiger partial charge in [0.2, 0.25) is 11.8 Å². The second kappa shape index (κ2) is 20.5. The van der Waals surface area contributed by atoms with Crippen molar-refractivity contribution in [2.45, 2.75) is 118 Å². The van der Waals surface area contributed by atoms with Crippen molar-refractivity contribution < 1.29 is 34.1 Å². The zero-order valence-electron chi connectivity index (χ0n) is 31.3. The molecule has 50 heavy (non-hydrogen) atoms. The highest BCUT2D eigenvalue weighted by Crippen LogP contribution is 2.32. The number of carbonyl (C=O) groups excluding carboxylic acids is 3. The van der Waals surface area contributed by atoms with Crippen molar-refractivity contribution in [1.82, 2.24) is 25.8 Å². The van der Waals surface area contributed by atoms with Crippen LogP contribution in [-0.2, 0) is 30.3 Å². The molecule has 13 heteroatoms. The zero-order chi connectivity index (χ0) is 37.7. The number of aliphatic carboxylic acids is 1. The maximum absolute atomic E-state index is 14.1. The monoisotopic (exact) mass is 717 g/mol. The number of esters is 1. The first kappa shape index (κ1) is 42.8. The van der Waals surface area contributed by atoms with Gasteiger partial charge in [0.15, 0.2) is 6.10 Å². The van der Waals surface area contributed by atoms with Gasteiger partial charge >= 0.3 is 11.9 Å². The second-order valence-corrected chi connectivity index (χ2v) is 14.9. The Bertz CT molecular complexity index is 1370. The number of ether oxygens (including phenoxy) is 1. The molecule has 0 aliphatic carbocycles.